The fourth-order valence-electron chi connectivity index (χ4n) is 3.14. The Morgan fingerprint density at radius 1 is 1.28 bits per heavy atom. The lowest BCUT2D eigenvalue weighted by Gasteiger charge is -2.43. The van der Waals surface area contributed by atoms with Crippen molar-refractivity contribution in [2.24, 2.45) is 5.92 Å². The molecule has 2 aliphatic heterocycles. The minimum Gasteiger partial charge on any atom is -0.445 e. The molecule has 1 aromatic rings. The summed E-state index contributed by atoms with van der Waals surface area (Å²) in [6.45, 7) is 4.97. The summed E-state index contributed by atoms with van der Waals surface area (Å²) >= 11 is 1.23. The van der Waals surface area contributed by atoms with E-state index in [4.69, 9.17) is 14.2 Å². The van der Waals surface area contributed by atoms with Crippen LogP contribution in [-0.2, 0) is 19.0 Å². The zero-order chi connectivity index (χ0) is 23.1. The third-order valence-corrected chi connectivity index (χ3v) is 5.99. The Balaban J connectivity index is 1.57. The molecule has 1 aromatic carbocycles. The molecular formula is C22H24N2O7S. The van der Waals surface area contributed by atoms with Crippen LogP contribution in [0.3, 0.4) is 0 Å². The minimum absolute atomic E-state index is 0.0137. The first kappa shape index (κ1) is 23.4. The second-order valence-electron chi connectivity index (χ2n) is 6.93. The maximum Gasteiger partial charge on any atom is 0.515 e. The third-order valence-electron chi connectivity index (χ3n) is 4.64. The molecule has 3 rings (SSSR count). The Morgan fingerprint density at radius 3 is 2.72 bits per heavy atom. The highest BCUT2D eigenvalue weighted by atomic mass is 32.2. The molecule has 0 aromatic heterocycles. The number of fused-ring (bicyclic) bond motifs is 1. The van der Waals surface area contributed by atoms with Crippen molar-refractivity contribution in [1.82, 2.24) is 10.2 Å². The number of aliphatic hydroxyl groups is 1. The SMILES string of the molecule is C=CCOC(=O)OC1=C(CNC(=O)OCC=Cc2ccccc2)S[C@@H]2[C@@H]([C@@H](C)O)C(=O)N12. The Kier molecular flexibility index (Phi) is 7.96. The number of carbonyl (C=O) groups is 3. The van der Waals surface area contributed by atoms with Crippen molar-refractivity contribution in [3.63, 3.8) is 0 Å². The van der Waals surface area contributed by atoms with Gasteiger partial charge in [0.25, 0.3) is 0 Å². The average molecular weight is 461 g/mol. The Bertz CT molecular complexity index is 929. The molecule has 1 saturated heterocycles. The zero-order valence-electron chi connectivity index (χ0n) is 17.4. The van der Waals surface area contributed by atoms with Crippen LogP contribution in [0.4, 0.5) is 9.59 Å². The Labute approximate surface area is 189 Å². The highest BCUT2D eigenvalue weighted by Crippen LogP contribution is 2.50. The van der Waals surface area contributed by atoms with Crippen LogP contribution in [0, 0.1) is 5.92 Å². The number of nitrogens with zero attached hydrogens (tertiary/aromatic N) is 1. The van der Waals surface area contributed by atoms with E-state index in [2.05, 4.69) is 11.9 Å². The summed E-state index contributed by atoms with van der Waals surface area (Å²) in [5.41, 5.74) is 0.982. The number of β-lactam (4-membered cyclic amide) rings is 1. The summed E-state index contributed by atoms with van der Waals surface area (Å²) in [6, 6.07) is 9.57. The van der Waals surface area contributed by atoms with Crippen LogP contribution in [0.2, 0.25) is 0 Å². The second kappa shape index (κ2) is 10.9. The van der Waals surface area contributed by atoms with Crippen LogP contribution in [0.15, 0.2) is 59.9 Å². The number of carbonyl (C=O) groups excluding carboxylic acids is 3. The van der Waals surface area contributed by atoms with Crippen LogP contribution >= 0.6 is 11.8 Å². The Morgan fingerprint density at radius 2 is 2.03 bits per heavy atom. The molecular weight excluding hydrogens is 436 g/mol. The van der Waals surface area contributed by atoms with E-state index >= 15 is 0 Å². The summed E-state index contributed by atoms with van der Waals surface area (Å²) in [5.74, 6) is -1.01. The van der Waals surface area contributed by atoms with Crippen LogP contribution in [0.5, 0.6) is 0 Å². The van der Waals surface area contributed by atoms with Gasteiger partial charge in [0.05, 0.1) is 23.5 Å². The zero-order valence-corrected chi connectivity index (χ0v) is 18.2. The molecule has 0 aliphatic carbocycles. The molecule has 2 amide bonds. The van der Waals surface area contributed by atoms with Crippen molar-refractivity contribution in [3.05, 3.63) is 65.4 Å². The maximum atomic E-state index is 12.4. The molecule has 0 radical (unpaired) electrons. The number of rotatable bonds is 9. The van der Waals surface area contributed by atoms with Gasteiger partial charge < -0.3 is 24.6 Å². The number of aliphatic hydroxyl groups excluding tert-OH is 1. The molecule has 0 spiro atoms. The van der Waals surface area contributed by atoms with E-state index in [1.165, 1.54) is 29.7 Å². The third kappa shape index (κ3) is 5.51. The Hall–Kier alpha value is -3.24. The van der Waals surface area contributed by atoms with Gasteiger partial charge in [-0.2, -0.15) is 0 Å². The van der Waals surface area contributed by atoms with E-state index in [0.717, 1.165) is 5.56 Å². The summed E-state index contributed by atoms with van der Waals surface area (Å²) in [4.78, 5) is 38.1. The van der Waals surface area contributed by atoms with Crippen molar-refractivity contribution < 1.29 is 33.7 Å². The van der Waals surface area contributed by atoms with Gasteiger partial charge in [-0.15, -0.1) is 0 Å². The predicted molar refractivity (Wildman–Crippen MR) is 118 cm³/mol. The van der Waals surface area contributed by atoms with Gasteiger partial charge in [0.1, 0.15) is 18.6 Å². The molecule has 170 valence electrons. The molecule has 0 unspecified atom stereocenters. The van der Waals surface area contributed by atoms with E-state index in [1.54, 1.807) is 6.08 Å². The molecule has 0 saturated carbocycles. The van der Waals surface area contributed by atoms with Gasteiger partial charge in [0.2, 0.25) is 11.8 Å². The lowest BCUT2D eigenvalue weighted by molar-refractivity contribution is -0.155. The maximum absolute atomic E-state index is 12.4. The lowest BCUT2D eigenvalue weighted by Crippen LogP contribution is -2.60. The van der Waals surface area contributed by atoms with Crippen LogP contribution in [-0.4, -0.2) is 59.4 Å². The number of nitrogens with one attached hydrogen (secondary N) is 1. The fourth-order valence-corrected chi connectivity index (χ4v) is 4.62. The van der Waals surface area contributed by atoms with Crippen LogP contribution in [0.25, 0.3) is 6.08 Å². The highest BCUT2D eigenvalue weighted by molar-refractivity contribution is 8.04. The van der Waals surface area contributed by atoms with Crippen molar-refractivity contribution in [2.45, 2.75) is 18.4 Å². The molecule has 32 heavy (non-hydrogen) atoms. The fraction of sp³-hybridized carbons (Fsp3) is 0.318. The van der Waals surface area contributed by atoms with E-state index in [0.29, 0.717) is 4.91 Å². The number of benzene rings is 1. The molecule has 9 nitrogen and oxygen atoms in total. The average Bonchev–Trinajstić information content (AvgIpc) is 3.06. The number of hydrogen-bond donors (Lipinski definition) is 2. The van der Waals surface area contributed by atoms with E-state index in [-0.39, 0.29) is 31.5 Å². The molecule has 2 heterocycles. The summed E-state index contributed by atoms with van der Waals surface area (Å²) in [7, 11) is 0. The number of thioether (sulfide) groups is 1. The quantitative estimate of drug-likeness (QED) is 0.329. The molecule has 10 heteroatoms. The van der Waals surface area contributed by atoms with Crippen molar-refractivity contribution >= 4 is 36.0 Å². The molecule has 2 N–H and O–H groups in total. The van der Waals surface area contributed by atoms with Crippen LogP contribution < -0.4 is 5.32 Å². The number of hydrogen-bond acceptors (Lipinski definition) is 8. The monoisotopic (exact) mass is 460 g/mol. The summed E-state index contributed by atoms with van der Waals surface area (Å²) in [6.07, 6.45) is 2.39. The van der Waals surface area contributed by atoms with Gasteiger partial charge in [0, 0.05) is 0 Å². The minimum atomic E-state index is -0.999. The first-order valence-corrected chi connectivity index (χ1v) is 10.8. The first-order chi connectivity index (χ1) is 15.4. The number of alkyl carbamates (subject to hydrolysis) is 1. The molecule has 1 fully saturated rings. The molecule has 2 aliphatic rings. The smallest absolute Gasteiger partial charge is 0.445 e. The lowest BCUT2D eigenvalue weighted by atomic mass is 9.93. The van der Waals surface area contributed by atoms with Crippen LogP contribution in [0.1, 0.15) is 12.5 Å². The van der Waals surface area contributed by atoms with Crippen molar-refractivity contribution in [2.75, 3.05) is 19.8 Å². The molecule has 0 bridgehead atoms. The summed E-state index contributed by atoms with van der Waals surface area (Å²) in [5, 5.41) is 12.0. The topological polar surface area (TPSA) is 114 Å². The highest BCUT2D eigenvalue weighted by Gasteiger charge is 2.57. The predicted octanol–water partition coefficient (Wildman–Crippen LogP) is 2.85. The van der Waals surface area contributed by atoms with E-state index in [9.17, 15) is 19.5 Å². The van der Waals surface area contributed by atoms with Gasteiger partial charge in [-0.25, -0.2) is 9.59 Å². The van der Waals surface area contributed by atoms with E-state index < -0.39 is 29.6 Å². The van der Waals surface area contributed by atoms with Gasteiger partial charge in [-0.05, 0) is 18.6 Å². The number of ether oxygens (including phenoxy) is 3. The second-order valence-corrected chi connectivity index (χ2v) is 8.14. The van der Waals surface area contributed by atoms with Crippen molar-refractivity contribution in [3.8, 4) is 0 Å². The number of amides is 2. The first-order valence-electron chi connectivity index (χ1n) is 9.91. The summed E-state index contributed by atoms with van der Waals surface area (Å²) < 4.78 is 15.1. The van der Waals surface area contributed by atoms with Gasteiger partial charge in [0.15, 0.2) is 0 Å². The van der Waals surface area contributed by atoms with Gasteiger partial charge in [-0.1, -0.05) is 60.8 Å². The normalized spacial score (nSPS) is 20.4. The van der Waals surface area contributed by atoms with E-state index in [1.807, 2.05) is 36.4 Å². The van der Waals surface area contributed by atoms with Gasteiger partial charge >= 0.3 is 12.2 Å². The standard InChI is InChI=1S/C22H24N2O7S/c1-3-11-30-22(28)31-19-16(32-20-17(14(2)25)18(26)24(19)20)13-23-21(27)29-12-7-10-15-8-5-4-6-9-15/h3-10,14,17,20,25H,1,11-13H2,2H3,(H,23,27)/t14-,17+,20-/m1/s1. The largest absolute Gasteiger partial charge is 0.515 e. The van der Waals surface area contributed by atoms with Crippen molar-refractivity contribution in [1.29, 1.82) is 0 Å². The van der Waals surface area contributed by atoms with Gasteiger partial charge in [-0.3, -0.25) is 9.69 Å². The molecule has 3 atom stereocenters.